The van der Waals surface area contributed by atoms with Crippen molar-refractivity contribution in [3.63, 3.8) is 0 Å². The van der Waals surface area contributed by atoms with Crippen LogP contribution < -0.4 is 11.1 Å². The van der Waals surface area contributed by atoms with Crippen LogP contribution in [0.15, 0.2) is 30.3 Å². The highest BCUT2D eigenvalue weighted by Gasteiger charge is 2.47. The molecule has 9 heteroatoms. The monoisotopic (exact) mass is 509 g/mol. The molecule has 1 amide bonds. The average molecular weight is 510 g/mol. The summed E-state index contributed by atoms with van der Waals surface area (Å²) in [5.74, 6) is 0.924. The minimum Gasteiger partial charge on any atom is -0.380 e. The van der Waals surface area contributed by atoms with Crippen LogP contribution in [0, 0.1) is 29.0 Å². The second-order valence-electron chi connectivity index (χ2n) is 11.5. The van der Waals surface area contributed by atoms with Crippen LogP contribution in [-0.2, 0) is 7.05 Å². The lowest BCUT2D eigenvalue weighted by atomic mass is 10.1. The van der Waals surface area contributed by atoms with Crippen LogP contribution in [0.3, 0.4) is 0 Å². The third-order valence-electron chi connectivity index (χ3n) is 9.42. The van der Waals surface area contributed by atoms with E-state index in [1.807, 2.05) is 24.1 Å². The summed E-state index contributed by atoms with van der Waals surface area (Å²) in [5.41, 5.74) is 10.9. The molecule has 4 aromatic rings. The number of nitriles is 1. The van der Waals surface area contributed by atoms with Crippen molar-refractivity contribution in [1.29, 1.82) is 5.26 Å². The first kappa shape index (κ1) is 22.1. The number of imidazole rings is 1. The first-order chi connectivity index (χ1) is 18.4. The molecule has 4 atom stereocenters. The van der Waals surface area contributed by atoms with Crippen molar-refractivity contribution in [3.8, 4) is 17.6 Å². The molecule has 2 bridgehead atoms. The van der Waals surface area contributed by atoms with Gasteiger partial charge in [0.05, 0.1) is 34.0 Å². The van der Waals surface area contributed by atoms with E-state index in [4.69, 9.17) is 10.7 Å². The zero-order valence-electron chi connectivity index (χ0n) is 21.1. The first-order valence-corrected chi connectivity index (χ1v) is 13.5. The maximum absolute atomic E-state index is 15.6. The van der Waals surface area contributed by atoms with Gasteiger partial charge in [-0.05, 0) is 61.8 Å². The van der Waals surface area contributed by atoms with E-state index in [9.17, 15) is 10.1 Å². The minimum absolute atomic E-state index is 0.00908. The number of fused-ring (bicyclic) bond motifs is 3. The molecule has 2 aromatic heterocycles. The number of nitrogens with zero attached hydrogens (tertiary/aromatic N) is 5. The van der Waals surface area contributed by atoms with E-state index in [1.54, 1.807) is 10.6 Å². The van der Waals surface area contributed by atoms with Gasteiger partial charge in [-0.3, -0.25) is 4.79 Å². The lowest BCUT2D eigenvalue weighted by molar-refractivity contribution is 0.0700. The molecule has 0 unspecified atom stereocenters. The van der Waals surface area contributed by atoms with Gasteiger partial charge in [0.1, 0.15) is 17.4 Å². The predicted molar refractivity (Wildman–Crippen MR) is 142 cm³/mol. The van der Waals surface area contributed by atoms with Gasteiger partial charge in [-0.1, -0.05) is 6.07 Å². The minimum atomic E-state index is -0.455. The molecule has 2 aliphatic heterocycles. The van der Waals surface area contributed by atoms with Gasteiger partial charge >= 0.3 is 0 Å². The first-order valence-electron chi connectivity index (χ1n) is 13.5. The summed E-state index contributed by atoms with van der Waals surface area (Å²) >= 11 is 0. The lowest BCUT2D eigenvalue weighted by Gasteiger charge is -2.29. The summed E-state index contributed by atoms with van der Waals surface area (Å²) in [6.45, 7) is 1.38. The van der Waals surface area contributed by atoms with Crippen LogP contribution in [0.4, 0.5) is 10.1 Å². The largest absolute Gasteiger partial charge is 0.380 e. The van der Waals surface area contributed by atoms with E-state index < -0.39 is 5.82 Å². The Hall–Kier alpha value is -3.90. The van der Waals surface area contributed by atoms with Gasteiger partial charge in [-0.2, -0.15) is 5.26 Å². The van der Waals surface area contributed by atoms with Crippen molar-refractivity contribution in [1.82, 2.24) is 19.0 Å². The van der Waals surface area contributed by atoms with E-state index in [2.05, 4.69) is 22.0 Å². The molecule has 1 saturated heterocycles. The van der Waals surface area contributed by atoms with Crippen LogP contribution in [-0.4, -0.2) is 50.1 Å². The third-order valence-corrected chi connectivity index (χ3v) is 9.42. The molecule has 3 fully saturated rings. The molecule has 4 aliphatic rings. The van der Waals surface area contributed by atoms with E-state index >= 15 is 4.39 Å². The molecule has 4 heterocycles. The number of aromatic nitrogens is 3. The highest BCUT2D eigenvalue weighted by molar-refractivity contribution is 6.00. The molecular weight excluding hydrogens is 481 g/mol. The number of rotatable bonds is 3. The molecule has 8 rings (SSSR count). The molecule has 0 spiro atoms. The summed E-state index contributed by atoms with van der Waals surface area (Å²) < 4.78 is 19.7. The van der Waals surface area contributed by atoms with Crippen molar-refractivity contribution in [2.75, 3.05) is 18.4 Å². The van der Waals surface area contributed by atoms with Gasteiger partial charge < -0.3 is 25.1 Å². The van der Waals surface area contributed by atoms with Gasteiger partial charge in [0.15, 0.2) is 5.82 Å². The van der Waals surface area contributed by atoms with Gasteiger partial charge in [0.25, 0.3) is 5.91 Å². The Labute approximate surface area is 218 Å². The summed E-state index contributed by atoms with van der Waals surface area (Å²) in [6.07, 6.45) is 4.30. The zero-order chi connectivity index (χ0) is 25.9. The molecule has 2 aliphatic carbocycles. The maximum Gasteiger partial charge on any atom is 0.254 e. The normalized spacial score (nSPS) is 25.8. The number of amides is 1. The number of hydrogen-bond donors (Lipinski definition) is 2. The van der Waals surface area contributed by atoms with Crippen molar-refractivity contribution in [3.05, 3.63) is 47.3 Å². The van der Waals surface area contributed by atoms with Crippen molar-refractivity contribution in [2.24, 2.45) is 24.6 Å². The van der Waals surface area contributed by atoms with Crippen molar-refractivity contribution in [2.45, 2.75) is 43.8 Å². The Morgan fingerprint density at radius 3 is 2.66 bits per heavy atom. The van der Waals surface area contributed by atoms with Crippen molar-refractivity contribution < 1.29 is 9.18 Å². The third kappa shape index (κ3) is 2.86. The highest BCUT2D eigenvalue weighted by atomic mass is 19.1. The Morgan fingerprint density at radius 2 is 1.95 bits per heavy atom. The number of nitrogens with one attached hydrogen (secondary N) is 1. The number of aryl methyl sites for hydroxylation is 1. The van der Waals surface area contributed by atoms with Crippen molar-refractivity contribution >= 4 is 33.5 Å². The molecule has 0 radical (unpaired) electrons. The Bertz CT molecular complexity index is 1720. The highest BCUT2D eigenvalue weighted by Crippen LogP contribution is 2.48. The number of anilines is 1. The lowest BCUT2D eigenvalue weighted by Crippen LogP contribution is -2.41. The van der Waals surface area contributed by atoms with Crippen LogP contribution in [0.25, 0.3) is 33.5 Å². The molecule has 2 saturated carbocycles. The topological polar surface area (TPSA) is 105 Å². The standard InChI is InChI=1S/C29H28FN7O/c1-35-27-19(30)8-18(29(38)36-13-17-6-7-21(36)24(17)32)9-20(27)34-28(35)22-10-15-4-5-16(11-31)25-26(15)37(22)23(12-33-25)14-2-3-14/h4-5,8-10,14,17,21,23-24,33H,2-3,6-7,12-13,32H2,1H3/t17-,21-,23+,24-/m1/s1. The van der Waals surface area contributed by atoms with E-state index in [0.29, 0.717) is 46.4 Å². The molecule has 2 aromatic carbocycles. The molecule has 3 N–H and O–H groups in total. The number of nitrogens with two attached hydrogens (primary N) is 1. The SMILES string of the molecule is Cn1c(-c2cc3ccc(C#N)c4c3n2[C@H](C2CC2)CN4)nc2cc(C(=O)N3C[C@H]4CC[C@@H]3[C@@H]4N)cc(F)c21. The molecule has 8 nitrogen and oxygen atoms in total. The fourth-order valence-electron chi connectivity index (χ4n) is 7.36. The van der Waals surface area contributed by atoms with Gasteiger partial charge in [-0.25, -0.2) is 9.37 Å². The molecule has 192 valence electrons. The summed E-state index contributed by atoms with van der Waals surface area (Å²) in [4.78, 5) is 20.2. The number of carbonyl (C=O) groups excluding carboxylic acids is 1. The Kier molecular flexibility index (Phi) is 4.41. The number of carbonyl (C=O) groups is 1. The maximum atomic E-state index is 15.6. The van der Waals surface area contributed by atoms with Crippen LogP contribution in [0.5, 0.6) is 0 Å². The van der Waals surface area contributed by atoms with Crippen LogP contribution in [0.2, 0.25) is 0 Å². The Balaban J connectivity index is 1.28. The summed E-state index contributed by atoms with van der Waals surface area (Å²) in [5, 5.41) is 14.2. The fourth-order valence-corrected chi connectivity index (χ4v) is 7.36. The smallest absolute Gasteiger partial charge is 0.254 e. The Morgan fingerprint density at radius 1 is 1.13 bits per heavy atom. The van der Waals surface area contributed by atoms with Gasteiger partial charge in [-0.15, -0.1) is 0 Å². The van der Waals surface area contributed by atoms with E-state index in [0.717, 1.165) is 41.7 Å². The number of benzene rings is 2. The number of hydrogen-bond acceptors (Lipinski definition) is 5. The van der Waals surface area contributed by atoms with E-state index in [-0.39, 0.29) is 24.0 Å². The number of likely N-dealkylation sites (tertiary alicyclic amines) is 1. The van der Waals surface area contributed by atoms with E-state index in [1.165, 1.54) is 18.9 Å². The number of halogens is 1. The zero-order valence-corrected chi connectivity index (χ0v) is 21.1. The fraction of sp³-hybridized carbons (Fsp3) is 0.414. The van der Waals surface area contributed by atoms with Gasteiger partial charge in [0.2, 0.25) is 0 Å². The quantitative estimate of drug-likeness (QED) is 0.432. The average Bonchev–Trinajstić information content (AvgIpc) is 3.37. The van der Waals surface area contributed by atoms with Gasteiger partial charge in [0, 0.05) is 43.2 Å². The number of piperidine rings is 1. The summed E-state index contributed by atoms with van der Waals surface area (Å²) in [6, 6.07) is 11.6. The second kappa shape index (κ2) is 7.58. The van der Waals surface area contributed by atoms with Crippen LogP contribution >= 0.6 is 0 Å². The summed E-state index contributed by atoms with van der Waals surface area (Å²) in [7, 11) is 1.83. The second-order valence-corrected chi connectivity index (χ2v) is 11.5. The predicted octanol–water partition coefficient (Wildman–Crippen LogP) is 4.14. The molecular formula is C29H28FN7O. The molecule has 38 heavy (non-hydrogen) atoms. The van der Waals surface area contributed by atoms with Crippen LogP contribution in [0.1, 0.15) is 47.6 Å².